The molecule has 0 aromatic carbocycles. The maximum Gasteiger partial charge on any atom is 0.140 e. The summed E-state index contributed by atoms with van der Waals surface area (Å²) < 4.78 is 0. The van der Waals surface area contributed by atoms with Gasteiger partial charge in [0.15, 0.2) is 0 Å². The Labute approximate surface area is 115 Å². The molecule has 0 amide bonds. The minimum absolute atomic E-state index is 0.398. The number of nitrogens with zero attached hydrogens (tertiary/aromatic N) is 1. The van der Waals surface area contributed by atoms with E-state index in [1.807, 2.05) is 16.8 Å². The Morgan fingerprint density at radius 3 is 3.06 bits per heavy atom. The molecule has 2 aromatic heterocycles. The van der Waals surface area contributed by atoms with Crippen LogP contribution in [0.15, 0.2) is 22.9 Å². The summed E-state index contributed by atoms with van der Waals surface area (Å²) in [5.74, 6) is 0.779. The van der Waals surface area contributed by atoms with Gasteiger partial charge in [-0.2, -0.15) is 11.3 Å². The molecule has 3 N–H and O–H groups in total. The van der Waals surface area contributed by atoms with Crippen LogP contribution >= 0.6 is 23.6 Å². The summed E-state index contributed by atoms with van der Waals surface area (Å²) in [7, 11) is 0. The van der Waals surface area contributed by atoms with Crippen molar-refractivity contribution >= 4 is 40.0 Å². The Kier molecular flexibility index (Phi) is 3.01. The van der Waals surface area contributed by atoms with Gasteiger partial charge < -0.3 is 11.1 Å². The molecule has 0 fully saturated rings. The van der Waals surface area contributed by atoms with Crippen LogP contribution in [-0.2, 0) is 12.8 Å². The number of fused-ring (bicyclic) bond motifs is 1. The summed E-state index contributed by atoms with van der Waals surface area (Å²) >= 11 is 6.76. The van der Waals surface area contributed by atoms with Crippen molar-refractivity contribution in [3.63, 3.8) is 0 Å². The van der Waals surface area contributed by atoms with E-state index in [-0.39, 0.29) is 0 Å². The van der Waals surface area contributed by atoms with Crippen molar-refractivity contribution in [1.29, 1.82) is 0 Å². The summed E-state index contributed by atoms with van der Waals surface area (Å²) in [6.45, 7) is 0. The monoisotopic (exact) mass is 275 g/mol. The zero-order valence-corrected chi connectivity index (χ0v) is 11.4. The van der Waals surface area contributed by atoms with E-state index in [4.69, 9.17) is 18.0 Å². The molecule has 0 saturated carbocycles. The molecule has 0 unspecified atom stereocenters. The molecule has 2 heterocycles. The SMILES string of the molecule is NC(=S)c1cc2c(nc1Nc1ccsc1)CCC2. The number of aromatic nitrogens is 1. The Morgan fingerprint density at radius 1 is 1.44 bits per heavy atom. The van der Waals surface area contributed by atoms with E-state index in [0.717, 1.165) is 29.9 Å². The van der Waals surface area contributed by atoms with E-state index in [2.05, 4.69) is 16.4 Å². The highest BCUT2D eigenvalue weighted by Gasteiger charge is 2.17. The number of aryl methyl sites for hydroxylation is 2. The van der Waals surface area contributed by atoms with E-state index < -0.39 is 0 Å². The second kappa shape index (κ2) is 4.66. The molecule has 0 saturated heterocycles. The number of thiophene rings is 1. The van der Waals surface area contributed by atoms with Crippen LogP contribution in [0.3, 0.4) is 0 Å². The predicted octanol–water partition coefficient (Wildman–Crippen LogP) is 3.01. The van der Waals surface area contributed by atoms with Gasteiger partial charge in [0.2, 0.25) is 0 Å². The summed E-state index contributed by atoms with van der Waals surface area (Å²) in [5, 5.41) is 7.36. The van der Waals surface area contributed by atoms with Gasteiger partial charge in [-0.1, -0.05) is 12.2 Å². The van der Waals surface area contributed by atoms with Crippen LogP contribution in [0, 0.1) is 0 Å². The summed E-state index contributed by atoms with van der Waals surface area (Å²) in [6.07, 6.45) is 3.29. The third kappa shape index (κ3) is 2.11. The zero-order valence-electron chi connectivity index (χ0n) is 9.77. The molecule has 5 heteroatoms. The number of thiocarbonyl (C=S) groups is 1. The quantitative estimate of drug-likeness (QED) is 0.846. The highest BCUT2D eigenvalue weighted by Crippen LogP contribution is 2.27. The largest absolute Gasteiger partial charge is 0.389 e. The van der Waals surface area contributed by atoms with Gasteiger partial charge in [-0.25, -0.2) is 4.98 Å². The molecule has 0 atom stereocenters. The van der Waals surface area contributed by atoms with E-state index in [1.165, 1.54) is 17.7 Å². The predicted molar refractivity (Wildman–Crippen MR) is 79.8 cm³/mol. The maximum absolute atomic E-state index is 5.79. The molecule has 0 spiro atoms. The first kappa shape index (κ1) is 11.6. The Bertz CT molecular complexity index is 591. The van der Waals surface area contributed by atoms with Crippen molar-refractivity contribution in [3.05, 3.63) is 39.7 Å². The molecule has 0 aliphatic heterocycles. The number of nitrogens with one attached hydrogen (secondary N) is 1. The fraction of sp³-hybridized carbons (Fsp3) is 0.231. The van der Waals surface area contributed by atoms with Crippen molar-refractivity contribution in [3.8, 4) is 0 Å². The molecule has 3 nitrogen and oxygen atoms in total. The second-order valence-corrected chi connectivity index (χ2v) is 5.57. The molecular weight excluding hydrogens is 262 g/mol. The van der Waals surface area contributed by atoms with Crippen LogP contribution in [0.2, 0.25) is 0 Å². The first-order chi connectivity index (χ1) is 8.74. The lowest BCUT2D eigenvalue weighted by molar-refractivity contribution is 0.900. The average Bonchev–Trinajstić information content (AvgIpc) is 2.97. The topological polar surface area (TPSA) is 50.9 Å². The van der Waals surface area contributed by atoms with Crippen molar-refractivity contribution < 1.29 is 0 Å². The highest BCUT2D eigenvalue weighted by molar-refractivity contribution is 7.80. The minimum atomic E-state index is 0.398. The minimum Gasteiger partial charge on any atom is -0.389 e. The summed E-state index contributed by atoms with van der Waals surface area (Å²) in [4.78, 5) is 5.07. The first-order valence-corrected chi connectivity index (χ1v) is 7.21. The summed E-state index contributed by atoms with van der Waals surface area (Å²) in [5.41, 5.74) is 10.1. The van der Waals surface area contributed by atoms with Gasteiger partial charge in [0.25, 0.3) is 0 Å². The number of hydrogen-bond donors (Lipinski definition) is 2. The Balaban J connectivity index is 2.03. The molecule has 2 aromatic rings. The molecule has 92 valence electrons. The smallest absolute Gasteiger partial charge is 0.140 e. The highest BCUT2D eigenvalue weighted by atomic mass is 32.1. The Morgan fingerprint density at radius 2 is 2.33 bits per heavy atom. The van der Waals surface area contributed by atoms with Gasteiger partial charge in [0.05, 0.1) is 11.3 Å². The zero-order chi connectivity index (χ0) is 12.5. The van der Waals surface area contributed by atoms with Gasteiger partial charge in [-0.05, 0) is 42.3 Å². The lowest BCUT2D eigenvalue weighted by Gasteiger charge is -2.11. The molecule has 18 heavy (non-hydrogen) atoms. The summed E-state index contributed by atoms with van der Waals surface area (Å²) in [6, 6.07) is 4.11. The molecule has 1 aliphatic carbocycles. The van der Waals surface area contributed by atoms with Crippen LogP contribution in [0.1, 0.15) is 23.2 Å². The second-order valence-electron chi connectivity index (χ2n) is 4.35. The molecule has 0 bridgehead atoms. The van der Waals surface area contributed by atoms with Crippen molar-refractivity contribution in [1.82, 2.24) is 4.98 Å². The van der Waals surface area contributed by atoms with E-state index >= 15 is 0 Å². The molecule has 3 rings (SSSR count). The van der Waals surface area contributed by atoms with Crippen molar-refractivity contribution in [2.75, 3.05) is 5.32 Å². The van der Waals surface area contributed by atoms with E-state index in [9.17, 15) is 0 Å². The van der Waals surface area contributed by atoms with E-state index in [0.29, 0.717) is 4.99 Å². The number of pyridine rings is 1. The standard InChI is InChI=1S/C13H13N3S2/c14-12(17)10-6-8-2-1-3-11(8)16-13(10)15-9-4-5-18-7-9/h4-7H,1-3H2,(H2,14,17)(H,15,16). The van der Waals surface area contributed by atoms with Crippen molar-refractivity contribution in [2.24, 2.45) is 5.73 Å². The number of nitrogens with two attached hydrogens (primary N) is 1. The van der Waals surface area contributed by atoms with Gasteiger partial charge in [-0.15, -0.1) is 0 Å². The maximum atomic E-state index is 5.79. The molecule has 1 aliphatic rings. The van der Waals surface area contributed by atoms with Crippen molar-refractivity contribution in [2.45, 2.75) is 19.3 Å². The average molecular weight is 275 g/mol. The number of hydrogen-bond acceptors (Lipinski definition) is 4. The molecule has 0 radical (unpaired) electrons. The van der Waals surface area contributed by atoms with Crippen LogP contribution in [0.4, 0.5) is 11.5 Å². The van der Waals surface area contributed by atoms with Crippen LogP contribution in [-0.4, -0.2) is 9.97 Å². The first-order valence-electron chi connectivity index (χ1n) is 5.86. The number of rotatable bonds is 3. The van der Waals surface area contributed by atoms with E-state index in [1.54, 1.807) is 11.3 Å². The normalized spacial score (nSPS) is 13.3. The number of anilines is 2. The Hall–Kier alpha value is -1.46. The lowest BCUT2D eigenvalue weighted by Crippen LogP contribution is -2.14. The molecular formula is C13H13N3S2. The lowest BCUT2D eigenvalue weighted by atomic mass is 10.1. The van der Waals surface area contributed by atoms with Gasteiger partial charge in [-0.3, -0.25) is 0 Å². The van der Waals surface area contributed by atoms with Crippen LogP contribution < -0.4 is 11.1 Å². The fourth-order valence-electron chi connectivity index (χ4n) is 2.23. The van der Waals surface area contributed by atoms with Crippen LogP contribution in [0.5, 0.6) is 0 Å². The van der Waals surface area contributed by atoms with Gasteiger partial charge in [0.1, 0.15) is 10.8 Å². The van der Waals surface area contributed by atoms with Gasteiger partial charge in [0, 0.05) is 11.1 Å². The third-order valence-electron chi connectivity index (χ3n) is 3.10. The fourth-order valence-corrected chi connectivity index (χ4v) is 2.97. The third-order valence-corrected chi connectivity index (χ3v) is 4.00. The van der Waals surface area contributed by atoms with Gasteiger partial charge >= 0.3 is 0 Å². The van der Waals surface area contributed by atoms with Crippen LogP contribution in [0.25, 0.3) is 0 Å².